The standard InChI is InChI=1S/C28H34F2N4O5/c1-4-33(3)27(37)20-7-9-23(31-13-20)26(36)32-14-22-11-21(15-34(22)17(2)35)19-8-10-24(39-28(29)30)25(12-19)38-16-18-5-6-18/h7-10,12-13,18,21-22,28H,4-6,11,14-16H2,1-3H3,(H,32,36)/t21-,22+/m0/s1. The van der Waals surface area contributed by atoms with Crippen molar-refractivity contribution in [2.24, 2.45) is 5.92 Å². The second kappa shape index (κ2) is 12.4. The van der Waals surface area contributed by atoms with Gasteiger partial charge in [0.15, 0.2) is 11.5 Å². The van der Waals surface area contributed by atoms with Gasteiger partial charge in [-0.05, 0) is 61.9 Å². The second-order valence-electron chi connectivity index (χ2n) is 10.1. The van der Waals surface area contributed by atoms with Crippen molar-refractivity contribution in [1.82, 2.24) is 20.1 Å². The molecule has 2 atom stereocenters. The number of likely N-dealkylation sites (tertiary alicyclic amines) is 1. The van der Waals surface area contributed by atoms with Crippen LogP contribution in [0.25, 0.3) is 0 Å². The molecular formula is C28H34F2N4O5. The number of ether oxygens (including phenoxy) is 2. The number of halogens is 2. The molecule has 1 aromatic heterocycles. The van der Waals surface area contributed by atoms with E-state index in [0.29, 0.717) is 37.6 Å². The van der Waals surface area contributed by atoms with Crippen LogP contribution in [0.5, 0.6) is 11.5 Å². The molecular weight excluding hydrogens is 510 g/mol. The highest BCUT2D eigenvalue weighted by atomic mass is 19.3. The van der Waals surface area contributed by atoms with Crippen LogP contribution >= 0.6 is 0 Å². The molecule has 1 aliphatic heterocycles. The minimum absolute atomic E-state index is 0.0128. The predicted octanol–water partition coefficient (Wildman–Crippen LogP) is 3.70. The SMILES string of the molecule is CCN(C)C(=O)c1ccc(C(=O)NC[C@H]2C[C@H](c3ccc(OC(F)F)c(OCC4CC4)c3)CN2C(C)=O)nc1. The van der Waals surface area contributed by atoms with Gasteiger partial charge >= 0.3 is 6.61 Å². The monoisotopic (exact) mass is 544 g/mol. The van der Waals surface area contributed by atoms with E-state index in [1.165, 1.54) is 25.3 Å². The highest BCUT2D eigenvalue weighted by Crippen LogP contribution is 2.38. The van der Waals surface area contributed by atoms with E-state index in [1.807, 2.05) is 6.92 Å². The average Bonchev–Trinajstić information content (AvgIpc) is 3.66. The number of nitrogens with one attached hydrogen (secondary N) is 1. The Morgan fingerprint density at radius 3 is 2.56 bits per heavy atom. The Labute approximate surface area is 226 Å². The van der Waals surface area contributed by atoms with Crippen LogP contribution in [0, 0.1) is 5.92 Å². The number of alkyl halides is 2. The lowest BCUT2D eigenvalue weighted by molar-refractivity contribution is -0.129. The van der Waals surface area contributed by atoms with E-state index in [2.05, 4.69) is 15.0 Å². The highest BCUT2D eigenvalue weighted by molar-refractivity contribution is 5.96. The largest absolute Gasteiger partial charge is 0.489 e. The topological polar surface area (TPSA) is 101 Å². The maximum atomic E-state index is 12.9. The van der Waals surface area contributed by atoms with Gasteiger partial charge in [0.25, 0.3) is 11.8 Å². The minimum atomic E-state index is -2.96. The first kappa shape index (κ1) is 28.3. The number of benzene rings is 1. The van der Waals surface area contributed by atoms with Gasteiger partial charge in [-0.2, -0.15) is 8.78 Å². The summed E-state index contributed by atoms with van der Waals surface area (Å²) in [5.41, 5.74) is 1.41. The number of carbonyl (C=O) groups is 3. The lowest BCUT2D eigenvalue weighted by atomic mass is 9.96. The lowest BCUT2D eigenvalue weighted by Gasteiger charge is -2.23. The van der Waals surface area contributed by atoms with Crippen molar-refractivity contribution < 1.29 is 32.6 Å². The molecule has 2 fully saturated rings. The Balaban J connectivity index is 1.41. The van der Waals surface area contributed by atoms with E-state index >= 15 is 0 Å². The van der Waals surface area contributed by atoms with Crippen molar-refractivity contribution in [2.45, 2.75) is 51.7 Å². The molecule has 0 unspecified atom stereocenters. The third kappa shape index (κ3) is 7.21. The van der Waals surface area contributed by atoms with Crippen LogP contribution in [0.3, 0.4) is 0 Å². The van der Waals surface area contributed by atoms with Gasteiger partial charge in [0.05, 0.1) is 12.2 Å². The molecule has 11 heteroatoms. The van der Waals surface area contributed by atoms with Gasteiger partial charge < -0.3 is 24.6 Å². The van der Waals surface area contributed by atoms with E-state index < -0.39 is 12.5 Å². The zero-order chi connectivity index (χ0) is 28.1. The molecule has 1 aromatic carbocycles. The summed E-state index contributed by atoms with van der Waals surface area (Å²) in [6, 6.07) is 7.71. The summed E-state index contributed by atoms with van der Waals surface area (Å²) in [5, 5.41) is 2.84. The summed E-state index contributed by atoms with van der Waals surface area (Å²) >= 11 is 0. The maximum Gasteiger partial charge on any atom is 0.387 e. The van der Waals surface area contributed by atoms with Gasteiger partial charge in [0.2, 0.25) is 5.91 Å². The summed E-state index contributed by atoms with van der Waals surface area (Å²) in [4.78, 5) is 44.8. The van der Waals surface area contributed by atoms with Gasteiger partial charge in [0, 0.05) is 51.8 Å². The van der Waals surface area contributed by atoms with Crippen molar-refractivity contribution in [3.8, 4) is 11.5 Å². The van der Waals surface area contributed by atoms with Crippen LogP contribution in [0.4, 0.5) is 8.78 Å². The number of nitrogens with zero attached hydrogens (tertiary/aromatic N) is 3. The Kier molecular flexibility index (Phi) is 8.98. The molecule has 0 radical (unpaired) electrons. The molecule has 0 spiro atoms. The average molecular weight is 545 g/mol. The molecule has 0 bridgehead atoms. The van der Waals surface area contributed by atoms with Gasteiger partial charge in [0.1, 0.15) is 5.69 Å². The number of hydrogen-bond acceptors (Lipinski definition) is 6. The number of rotatable bonds is 11. The van der Waals surface area contributed by atoms with E-state index in [1.54, 1.807) is 35.0 Å². The number of hydrogen-bond donors (Lipinski definition) is 1. The third-order valence-electron chi connectivity index (χ3n) is 7.21. The predicted molar refractivity (Wildman–Crippen MR) is 139 cm³/mol. The molecule has 2 aromatic rings. The zero-order valence-electron chi connectivity index (χ0n) is 22.4. The fourth-order valence-electron chi connectivity index (χ4n) is 4.63. The zero-order valence-corrected chi connectivity index (χ0v) is 22.4. The summed E-state index contributed by atoms with van der Waals surface area (Å²) in [7, 11) is 1.69. The van der Waals surface area contributed by atoms with Crippen molar-refractivity contribution >= 4 is 17.7 Å². The summed E-state index contributed by atoms with van der Waals surface area (Å²) in [5.74, 6) is -0.0935. The van der Waals surface area contributed by atoms with Gasteiger partial charge in [-0.25, -0.2) is 0 Å². The van der Waals surface area contributed by atoms with Crippen molar-refractivity contribution in [3.05, 3.63) is 53.3 Å². The summed E-state index contributed by atoms with van der Waals surface area (Å²) in [6.07, 6.45) is 4.06. The molecule has 3 amide bonds. The Bertz CT molecular complexity index is 1190. The van der Waals surface area contributed by atoms with E-state index in [0.717, 1.165) is 18.4 Å². The summed E-state index contributed by atoms with van der Waals surface area (Å²) < 4.78 is 36.3. The van der Waals surface area contributed by atoms with Crippen LogP contribution in [0.1, 0.15) is 65.4 Å². The normalized spacial score (nSPS) is 18.7. The molecule has 210 valence electrons. The molecule has 9 nitrogen and oxygen atoms in total. The minimum Gasteiger partial charge on any atom is -0.489 e. The van der Waals surface area contributed by atoms with Crippen LogP contribution in [-0.4, -0.2) is 78.4 Å². The highest BCUT2D eigenvalue weighted by Gasteiger charge is 2.35. The number of aromatic nitrogens is 1. The fourth-order valence-corrected chi connectivity index (χ4v) is 4.63. The first-order valence-electron chi connectivity index (χ1n) is 13.1. The van der Waals surface area contributed by atoms with Gasteiger partial charge in [-0.15, -0.1) is 0 Å². The molecule has 39 heavy (non-hydrogen) atoms. The van der Waals surface area contributed by atoms with Crippen molar-refractivity contribution in [3.63, 3.8) is 0 Å². The maximum absolute atomic E-state index is 12.9. The Hall–Kier alpha value is -3.76. The lowest BCUT2D eigenvalue weighted by Crippen LogP contribution is -2.42. The van der Waals surface area contributed by atoms with Crippen LogP contribution in [0.2, 0.25) is 0 Å². The quantitative estimate of drug-likeness (QED) is 0.463. The number of carbonyl (C=O) groups excluding carboxylic acids is 3. The van der Waals surface area contributed by atoms with E-state index in [4.69, 9.17) is 4.74 Å². The molecule has 1 saturated carbocycles. The van der Waals surface area contributed by atoms with E-state index in [9.17, 15) is 23.2 Å². The Morgan fingerprint density at radius 1 is 1.18 bits per heavy atom. The number of amides is 3. The van der Waals surface area contributed by atoms with E-state index in [-0.39, 0.29) is 47.5 Å². The second-order valence-corrected chi connectivity index (χ2v) is 10.1. The molecule has 1 N–H and O–H groups in total. The first-order valence-corrected chi connectivity index (χ1v) is 13.1. The molecule has 4 rings (SSSR count). The first-order chi connectivity index (χ1) is 18.7. The van der Waals surface area contributed by atoms with Gasteiger partial charge in [-0.1, -0.05) is 6.07 Å². The number of pyridine rings is 1. The molecule has 1 aliphatic carbocycles. The fraction of sp³-hybridized carbons (Fsp3) is 0.500. The van der Waals surface area contributed by atoms with Crippen LogP contribution < -0.4 is 14.8 Å². The summed E-state index contributed by atoms with van der Waals surface area (Å²) in [6.45, 7) is 2.02. The van der Waals surface area contributed by atoms with Gasteiger partial charge in [-0.3, -0.25) is 19.4 Å². The smallest absolute Gasteiger partial charge is 0.387 e. The van der Waals surface area contributed by atoms with Crippen molar-refractivity contribution in [2.75, 3.05) is 33.3 Å². The molecule has 1 saturated heterocycles. The molecule has 2 heterocycles. The Morgan fingerprint density at radius 2 is 1.95 bits per heavy atom. The van der Waals surface area contributed by atoms with Crippen molar-refractivity contribution in [1.29, 1.82) is 0 Å². The molecule has 2 aliphatic rings. The van der Waals surface area contributed by atoms with Crippen LogP contribution in [-0.2, 0) is 4.79 Å². The van der Waals surface area contributed by atoms with Crippen LogP contribution in [0.15, 0.2) is 36.5 Å². The third-order valence-corrected chi connectivity index (χ3v) is 7.21.